The molecule has 0 radical (unpaired) electrons. The Hall–Kier alpha value is -3.81. The molecule has 438 valence electrons. The summed E-state index contributed by atoms with van der Waals surface area (Å²) >= 11 is 0. The van der Waals surface area contributed by atoms with Crippen molar-refractivity contribution in [2.75, 3.05) is 75.3 Å². The summed E-state index contributed by atoms with van der Waals surface area (Å²) in [7, 11) is 11.3. The number of carboxylic acids is 2. The molecular weight excluding hydrogens is 1240 g/mol. The molecule has 0 aliphatic carbocycles. The molecule has 0 amide bonds. The predicted octanol–water partition coefficient (Wildman–Crippen LogP) is 6.06. The van der Waals surface area contributed by atoms with Crippen molar-refractivity contribution in [2.24, 2.45) is 0 Å². The van der Waals surface area contributed by atoms with Gasteiger partial charge in [-0.25, -0.2) is 9.59 Å². The van der Waals surface area contributed by atoms with Gasteiger partial charge in [-0.2, -0.15) is 0 Å². The summed E-state index contributed by atoms with van der Waals surface area (Å²) in [5.41, 5.74) is 3.21. The van der Waals surface area contributed by atoms with E-state index in [1.807, 2.05) is 86.5 Å². The van der Waals surface area contributed by atoms with Crippen LogP contribution in [0, 0.1) is 29.7 Å². The van der Waals surface area contributed by atoms with E-state index in [0.717, 1.165) is 18.7 Å². The first-order valence-corrected chi connectivity index (χ1v) is 21.9. The molecule has 6 rings (SSSR count). The largest absolute Gasteiger partial charge is 2.00 e. The van der Waals surface area contributed by atoms with Crippen LogP contribution in [0.3, 0.4) is 0 Å². The second kappa shape index (κ2) is 71.3. The Bertz CT molecular complexity index is 1840. The zero-order valence-corrected chi connectivity index (χ0v) is 60.9. The summed E-state index contributed by atoms with van der Waals surface area (Å²) in [4.78, 5) is 25.9. The van der Waals surface area contributed by atoms with E-state index in [9.17, 15) is 9.59 Å². The molecule has 1 atom stereocenters. The average Bonchev–Trinajstić information content (AvgIpc) is 3.37. The van der Waals surface area contributed by atoms with Crippen LogP contribution in [0.1, 0.15) is 74.9 Å². The SMILES string of the molecule is CC(O)c1ccccc1.CN(C)CCO.CN(C)CCO.CN(C)CO.O.O=C(O)c1ccccc1.O=C(O)c1ccccc1.OC(O)c1ccccc1.OC(O)c1ccccc1.OC(O)c1ccccc1.[CH3-].[CH3-].[CH3-].[CH3-].[Zn+2].[Zn].[Zn].[Zn]. The van der Waals surface area contributed by atoms with E-state index in [2.05, 4.69) is 0 Å². The normalized spacial score (nSPS) is 8.99. The third-order valence-corrected chi connectivity index (χ3v) is 7.99. The van der Waals surface area contributed by atoms with Crippen molar-refractivity contribution in [1.82, 2.24) is 14.7 Å². The molecule has 0 bridgehead atoms. The van der Waals surface area contributed by atoms with Crippen molar-refractivity contribution in [2.45, 2.75) is 31.9 Å². The van der Waals surface area contributed by atoms with Crippen molar-refractivity contribution in [3.63, 3.8) is 0 Å². The summed E-state index contributed by atoms with van der Waals surface area (Å²) in [6, 6.07) is 52.2. The molecule has 0 heterocycles. The molecule has 0 saturated carbocycles. The standard InChI is InChI=1S/C8H10O.3C7H8O2.2C7H6O2.2C4H11NO.C3H9NO.4CH3.H2O.4Zn/c1-7(9)8-5-3-2-4-6-8;5*8-7(9)6-4-2-1-3-5-6;2*1-5(2)3-4-6;1-4(2)3-5;;;;;;;;;/h2-7,9H,1H3;3*1-5,7-9H;2*1-5H,(H,8,9);2*6H,3-4H2,1-2H3;5H,3H2,1-2H3;4*1H3;1H2;;;;/q;;;;;;;;;4*-1;;;;;+2. The number of carbonyl (C=O) groups is 2. The van der Waals surface area contributed by atoms with Gasteiger partial charge in [-0.15, -0.1) is 0 Å². The minimum Gasteiger partial charge on any atom is -0.478 e. The molecule has 0 fully saturated rings. The number of aromatic carboxylic acids is 2. The molecule has 6 aromatic carbocycles. The van der Waals surface area contributed by atoms with Crippen LogP contribution in [0.2, 0.25) is 0 Å². The fourth-order valence-corrected chi connectivity index (χ4v) is 4.17. The van der Waals surface area contributed by atoms with E-state index in [1.54, 1.807) is 159 Å². The molecule has 0 aliphatic rings. The maximum atomic E-state index is 10.2. The van der Waals surface area contributed by atoms with Gasteiger partial charge in [0.25, 0.3) is 0 Å². The predicted molar refractivity (Wildman–Crippen MR) is 306 cm³/mol. The zero-order chi connectivity index (χ0) is 54.4. The minimum atomic E-state index is -1.34. The summed E-state index contributed by atoms with van der Waals surface area (Å²) in [5.74, 6) is -1.76. The van der Waals surface area contributed by atoms with Crippen LogP contribution >= 0.6 is 0 Å². The van der Waals surface area contributed by atoms with Gasteiger partial charge in [0.05, 0.1) is 37.2 Å². The van der Waals surface area contributed by atoms with Crippen LogP contribution in [0.15, 0.2) is 182 Å². The molecule has 22 heteroatoms. The number of carboxylic acid groups (broad SMARTS) is 2. The van der Waals surface area contributed by atoms with Gasteiger partial charge >= 0.3 is 31.4 Å². The van der Waals surface area contributed by atoms with E-state index in [-0.39, 0.29) is 139 Å². The van der Waals surface area contributed by atoms with Crippen LogP contribution in [0.4, 0.5) is 0 Å². The van der Waals surface area contributed by atoms with Crippen molar-refractivity contribution in [3.8, 4) is 0 Å². The molecule has 0 saturated heterocycles. The van der Waals surface area contributed by atoms with Crippen molar-refractivity contribution < 1.29 is 154 Å². The second-order valence-electron chi connectivity index (χ2n) is 15.1. The maximum absolute atomic E-state index is 10.2. The van der Waals surface area contributed by atoms with Gasteiger partial charge in [0, 0.05) is 88.2 Å². The smallest absolute Gasteiger partial charge is 0.478 e. The van der Waals surface area contributed by atoms with E-state index >= 15 is 0 Å². The average molecular weight is 1330 g/mol. The number of aliphatic hydroxyl groups excluding tert-OH is 7. The quantitative estimate of drug-likeness (QED) is 0.0398. The minimum absolute atomic E-state index is 0. The second-order valence-corrected chi connectivity index (χ2v) is 15.1. The van der Waals surface area contributed by atoms with Gasteiger partial charge in [0.1, 0.15) is 0 Å². The van der Waals surface area contributed by atoms with Crippen molar-refractivity contribution >= 4 is 11.9 Å². The molecule has 0 aromatic heterocycles. The first kappa shape index (κ1) is 105. The van der Waals surface area contributed by atoms with Crippen LogP contribution in [-0.2, 0) is 77.9 Å². The number of hydrogen-bond donors (Lipinski definition) is 12. The van der Waals surface area contributed by atoms with E-state index in [4.69, 9.17) is 61.3 Å². The van der Waals surface area contributed by atoms with Gasteiger partial charge in [-0.1, -0.05) is 158 Å². The van der Waals surface area contributed by atoms with Gasteiger partial charge in [0.2, 0.25) is 0 Å². The third-order valence-electron chi connectivity index (χ3n) is 7.99. The summed E-state index contributed by atoms with van der Waals surface area (Å²) < 4.78 is 0. The Morgan fingerprint density at radius 1 is 0.375 bits per heavy atom. The topological polar surface area (TPSA) is 318 Å². The van der Waals surface area contributed by atoms with Gasteiger partial charge in [-0.05, 0) is 79.0 Å². The monoisotopic (exact) mass is 1330 g/mol. The third kappa shape index (κ3) is 68.5. The van der Waals surface area contributed by atoms with Crippen LogP contribution in [-0.4, -0.2) is 169 Å². The van der Waals surface area contributed by atoms with Crippen LogP contribution < -0.4 is 0 Å². The molecular formula is C58H91N3O15Zn4-2. The van der Waals surface area contributed by atoms with E-state index in [0.29, 0.717) is 27.8 Å². The van der Waals surface area contributed by atoms with Gasteiger partial charge in [0.15, 0.2) is 18.9 Å². The Morgan fingerprint density at radius 2 is 0.550 bits per heavy atom. The molecule has 6 aromatic rings. The number of hydrogen-bond acceptors (Lipinski definition) is 15. The molecule has 0 spiro atoms. The van der Waals surface area contributed by atoms with Crippen molar-refractivity contribution in [3.05, 3.63) is 245 Å². The molecule has 1 unspecified atom stereocenters. The Kier molecular flexibility index (Phi) is 93.2. The Labute approximate surface area is 529 Å². The van der Waals surface area contributed by atoms with E-state index < -0.39 is 30.8 Å². The number of nitrogens with zero attached hydrogens (tertiary/aromatic N) is 3. The first-order valence-electron chi connectivity index (χ1n) is 21.9. The summed E-state index contributed by atoms with van der Waals surface area (Å²) in [6.07, 6.45) is -4.37. The fraction of sp³-hybridized carbons (Fsp3) is 0.276. The van der Waals surface area contributed by atoms with Crippen LogP contribution in [0.5, 0.6) is 0 Å². The van der Waals surface area contributed by atoms with E-state index in [1.165, 1.54) is 0 Å². The summed E-state index contributed by atoms with van der Waals surface area (Å²) in [6.45, 7) is 3.94. The fourth-order valence-electron chi connectivity index (χ4n) is 4.17. The number of aliphatic hydroxyl groups is 10. The Morgan fingerprint density at radius 3 is 0.625 bits per heavy atom. The maximum Gasteiger partial charge on any atom is 2.00 e. The van der Waals surface area contributed by atoms with Gasteiger partial charge in [-0.3, -0.25) is 4.90 Å². The van der Waals surface area contributed by atoms with Crippen LogP contribution in [0.25, 0.3) is 0 Å². The number of benzene rings is 6. The molecule has 0 aliphatic heterocycles. The molecule has 14 N–H and O–H groups in total. The number of rotatable bonds is 11. The number of likely N-dealkylation sites (N-methyl/N-ethyl adjacent to an activating group) is 2. The van der Waals surface area contributed by atoms with Crippen molar-refractivity contribution in [1.29, 1.82) is 0 Å². The molecule has 18 nitrogen and oxygen atoms in total. The zero-order valence-electron chi connectivity index (χ0n) is 49.0. The first-order chi connectivity index (χ1) is 33.6. The summed E-state index contributed by atoms with van der Waals surface area (Å²) in [5, 5.41) is 102. The molecule has 80 heavy (non-hydrogen) atoms. The Balaban J connectivity index is -0.0000000645. The van der Waals surface area contributed by atoms with Gasteiger partial charge < -0.3 is 106 Å².